The number of carbonyl (C=O) groups is 4. The fourth-order valence-corrected chi connectivity index (χ4v) is 10.2. The third kappa shape index (κ3) is 6.99. The molecule has 4 amide bonds. The molecule has 7 atom stereocenters. The second kappa shape index (κ2) is 15.8. The number of ether oxygens (including phenoxy) is 3. The summed E-state index contributed by atoms with van der Waals surface area (Å²) in [4.78, 5) is 73.4. The van der Waals surface area contributed by atoms with Crippen LogP contribution in [-0.4, -0.2) is 86.6 Å². The molecule has 0 radical (unpaired) electrons. The second-order valence-electron chi connectivity index (χ2n) is 17.5. The molecule has 3 fully saturated rings. The molecule has 15 nitrogen and oxygen atoms in total. The summed E-state index contributed by atoms with van der Waals surface area (Å²) < 4.78 is 16.2. The summed E-state index contributed by atoms with van der Waals surface area (Å²) in [6, 6.07) is 21.8. The maximum absolute atomic E-state index is 14.1. The predicted octanol–water partition coefficient (Wildman–Crippen LogP) is 7.71. The molecule has 1 aliphatic carbocycles. The van der Waals surface area contributed by atoms with E-state index < -0.39 is 24.3 Å². The van der Waals surface area contributed by atoms with Crippen molar-refractivity contribution in [1.82, 2.24) is 40.4 Å². The summed E-state index contributed by atoms with van der Waals surface area (Å²) in [5.74, 6) is 2.51. The number of piperidine rings is 1. The highest BCUT2D eigenvalue weighted by Gasteiger charge is 2.61. The van der Waals surface area contributed by atoms with Crippen molar-refractivity contribution < 1.29 is 33.4 Å². The van der Waals surface area contributed by atoms with Gasteiger partial charge in [-0.05, 0) is 88.9 Å². The number of fused-ring (bicyclic) bond motifs is 7. The van der Waals surface area contributed by atoms with Crippen LogP contribution in [0, 0.1) is 17.8 Å². The Morgan fingerprint density at radius 2 is 1.67 bits per heavy atom. The molecule has 0 bridgehead atoms. The van der Waals surface area contributed by atoms with Gasteiger partial charge in [0.25, 0.3) is 5.91 Å². The maximum atomic E-state index is 14.1. The number of methoxy groups -OCH3 is 2. The van der Waals surface area contributed by atoms with Crippen LogP contribution in [-0.2, 0) is 25.7 Å². The lowest BCUT2D eigenvalue weighted by Crippen LogP contribution is -2.52. The molecule has 2 aromatic heterocycles. The average Bonchev–Trinajstić information content (AvgIpc) is 3.96. The highest BCUT2D eigenvalue weighted by molar-refractivity contribution is 6.07. The van der Waals surface area contributed by atoms with Crippen LogP contribution in [0.2, 0.25) is 0 Å². The lowest BCUT2D eigenvalue weighted by molar-refractivity contribution is -0.137. The van der Waals surface area contributed by atoms with Crippen molar-refractivity contribution in [2.75, 3.05) is 20.8 Å². The fourth-order valence-electron chi connectivity index (χ4n) is 10.2. The van der Waals surface area contributed by atoms with Gasteiger partial charge in [-0.2, -0.15) is 0 Å². The Labute approximate surface area is 363 Å². The monoisotopic (exact) mass is 850 g/mol. The fraction of sp³-hybridized carbons (Fsp3) is 0.375. The highest BCUT2D eigenvalue weighted by atomic mass is 16.5. The van der Waals surface area contributed by atoms with Gasteiger partial charge in [-0.15, -0.1) is 0 Å². The molecule has 63 heavy (non-hydrogen) atoms. The summed E-state index contributed by atoms with van der Waals surface area (Å²) in [6.45, 7) is 6.95. The molecule has 4 aliphatic rings. The molecule has 5 heterocycles. The summed E-state index contributed by atoms with van der Waals surface area (Å²) in [5, 5.41) is 7.50. The van der Waals surface area contributed by atoms with E-state index in [1.165, 1.54) is 14.2 Å². The predicted molar refractivity (Wildman–Crippen MR) is 234 cm³/mol. The van der Waals surface area contributed by atoms with E-state index in [0.717, 1.165) is 80.6 Å². The molecule has 3 aliphatic heterocycles. The molecule has 3 unspecified atom stereocenters. The number of amides is 4. The van der Waals surface area contributed by atoms with Crippen molar-refractivity contribution in [3.05, 3.63) is 102 Å². The number of hydrogen-bond acceptors (Lipinski definition) is 9. The summed E-state index contributed by atoms with van der Waals surface area (Å²) in [5.41, 5.74) is 7.26. The largest absolute Gasteiger partial charge is 0.488 e. The molecule has 0 spiro atoms. The first-order valence-electron chi connectivity index (χ1n) is 21.7. The number of alkyl carbamates (subject to hydrolysis) is 2. The zero-order valence-electron chi connectivity index (χ0n) is 35.8. The van der Waals surface area contributed by atoms with Gasteiger partial charge in [0.2, 0.25) is 5.91 Å². The van der Waals surface area contributed by atoms with Gasteiger partial charge in [0.1, 0.15) is 36.1 Å². The molecule has 6 aromatic rings. The Bertz CT molecular complexity index is 2780. The quantitative estimate of drug-likeness (QED) is 0.113. The summed E-state index contributed by atoms with van der Waals surface area (Å²) in [6.07, 6.45) is 2.86. The number of H-pyrrole nitrogens is 2. The molecular formula is C48H50N8O7. The van der Waals surface area contributed by atoms with E-state index in [1.807, 2.05) is 55.1 Å². The van der Waals surface area contributed by atoms with Gasteiger partial charge >= 0.3 is 12.2 Å². The molecule has 2 saturated heterocycles. The Morgan fingerprint density at radius 1 is 0.873 bits per heavy atom. The van der Waals surface area contributed by atoms with Gasteiger partial charge in [-0.3, -0.25) is 9.59 Å². The lowest BCUT2D eigenvalue weighted by Gasteiger charge is -2.32. The number of imidazole rings is 2. The SMILES string of the molecule is COC(=O)N[C@H](C(=O)N1C2C(C)C2C[C@H]1c1nc2ccc3cc4c(cc3c2[nH]1)OCc1cc(-c2cnc([C@@H]3CCCN3C(=O)[C@H](NC(=O)OC)c3ccccc3)[nH]2)ccc1-4)C(C)C. The first-order chi connectivity index (χ1) is 30.5. The topological polar surface area (TPSA) is 184 Å². The van der Waals surface area contributed by atoms with Gasteiger partial charge < -0.3 is 44.6 Å². The molecule has 324 valence electrons. The number of rotatable bonds is 9. The van der Waals surface area contributed by atoms with Crippen LogP contribution in [0.4, 0.5) is 9.59 Å². The Balaban J connectivity index is 0.900. The summed E-state index contributed by atoms with van der Waals surface area (Å²) >= 11 is 0. The lowest BCUT2D eigenvalue weighted by atomic mass is 9.92. The van der Waals surface area contributed by atoms with Crippen molar-refractivity contribution >= 4 is 45.8 Å². The van der Waals surface area contributed by atoms with E-state index in [4.69, 9.17) is 24.2 Å². The van der Waals surface area contributed by atoms with Crippen LogP contribution in [0.15, 0.2) is 79.0 Å². The van der Waals surface area contributed by atoms with E-state index in [2.05, 4.69) is 63.9 Å². The standard InChI is InChI=1S/C48H50N8O7/c1-24(2)39(53-47(59)61-4)46(58)56-37(20-31-25(3)42(31)56)44-50-34-16-14-27-19-33-30-15-13-28(18-29(30)23-63-38(33)21-32(27)41(34)52-44)35-22-49-43(51-35)36-12-9-17-55(36)45(57)40(54-48(60)62-5)26-10-7-6-8-11-26/h6-8,10-11,13-16,18-19,21-22,24-25,31,36-37,39-40,42H,9,12,17,20,23H2,1-5H3,(H,49,51)(H,50,52)(H,53,59)(H,54,60)/t25?,31?,36-,37-,39-,40+,42?/m0/s1. The molecule has 4 aromatic carbocycles. The third-order valence-corrected chi connectivity index (χ3v) is 13.6. The minimum absolute atomic E-state index is 0.106. The number of nitrogens with zero attached hydrogens (tertiary/aromatic N) is 4. The Morgan fingerprint density at radius 3 is 2.44 bits per heavy atom. The smallest absolute Gasteiger partial charge is 0.407 e. The number of nitrogens with one attached hydrogen (secondary N) is 4. The van der Waals surface area contributed by atoms with Crippen molar-refractivity contribution in [3.63, 3.8) is 0 Å². The maximum Gasteiger partial charge on any atom is 0.407 e. The molecule has 15 heteroatoms. The van der Waals surface area contributed by atoms with E-state index in [-0.39, 0.29) is 35.9 Å². The van der Waals surface area contributed by atoms with Crippen LogP contribution in [0.25, 0.3) is 44.2 Å². The molecule has 4 N–H and O–H groups in total. The molecule has 1 saturated carbocycles. The van der Waals surface area contributed by atoms with Gasteiger partial charge in [-0.1, -0.05) is 69.3 Å². The zero-order valence-corrected chi connectivity index (χ0v) is 35.8. The normalized spacial score (nSPS) is 21.9. The number of carbonyl (C=O) groups excluding carboxylic acids is 4. The molecular weight excluding hydrogens is 801 g/mol. The number of hydrogen-bond donors (Lipinski definition) is 4. The highest BCUT2D eigenvalue weighted by Crippen LogP contribution is 2.58. The van der Waals surface area contributed by atoms with E-state index >= 15 is 0 Å². The van der Waals surface area contributed by atoms with E-state index in [1.54, 1.807) is 11.1 Å². The van der Waals surface area contributed by atoms with E-state index in [0.29, 0.717) is 36.4 Å². The Kier molecular flexibility index (Phi) is 10.1. The van der Waals surface area contributed by atoms with Crippen LogP contribution in [0.5, 0.6) is 5.75 Å². The van der Waals surface area contributed by atoms with Crippen molar-refractivity contribution in [1.29, 1.82) is 0 Å². The second-order valence-corrected chi connectivity index (χ2v) is 17.5. The molecule has 10 rings (SSSR count). The number of benzene rings is 4. The first kappa shape index (κ1) is 40.2. The minimum Gasteiger partial charge on any atom is -0.488 e. The summed E-state index contributed by atoms with van der Waals surface area (Å²) in [7, 11) is 2.59. The first-order valence-corrected chi connectivity index (χ1v) is 21.7. The number of aromatic nitrogens is 4. The van der Waals surface area contributed by atoms with Crippen molar-refractivity contribution in [3.8, 4) is 28.1 Å². The van der Waals surface area contributed by atoms with Crippen molar-refractivity contribution in [2.24, 2.45) is 17.8 Å². The average molecular weight is 851 g/mol. The zero-order chi connectivity index (χ0) is 43.7. The van der Waals surface area contributed by atoms with Crippen LogP contribution < -0.4 is 15.4 Å². The van der Waals surface area contributed by atoms with Crippen LogP contribution in [0.3, 0.4) is 0 Å². The van der Waals surface area contributed by atoms with Gasteiger partial charge in [0, 0.05) is 23.5 Å². The van der Waals surface area contributed by atoms with E-state index in [9.17, 15) is 19.2 Å². The van der Waals surface area contributed by atoms with Crippen LogP contribution in [0.1, 0.15) is 80.9 Å². The van der Waals surface area contributed by atoms with Gasteiger partial charge in [0.15, 0.2) is 0 Å². The number of aromatic amines is 2. The Hall–Kier alpha value is -6.90. The van der Waals surface area contributed by atoms with Gasteiger partial charge in [-0.25, -0.2) is 19.6 Å². The number of likely N-dealkylation sites (tertiary alicyclic amines) is 2. The third-order valence-electron chi connectivity index (χ3n) is 13.6. The minimum atomic E-state index is -0.895. The van der Waals surface area contributed by atoms with Gasteiger partial charge in [0.05, 0.1) is 49.2 Å². The van der Waals surface area contributed by atoms with Crippen LogP contribution >= 0.6 is 0 Å². The van der Waals surface area contributed by atoms with Crippen molar-refractivity contribution in [2.45, 2.75) is 76.8 Å².